The number of hydrogen-bond acceptors (Lipinski definition) is 4. The van der Waals surface area contributed by atoms with Gasteiger partial charge in [-0.05, 0) is 25.3 Å². The van der Waals surface area contributed by atoms with Crippen LogP contribution in [0, 0.1) is 6.92 Å². The van der Waals surface area contributed by atoms with Crippen molar-refractivity contribution in [3.8, 4) is 0 Å². The first-order valence-corrected chi connectivity index (χ1v) is 6.16. The molecule has 0 radical (unpaired) electrons. The van der Waals surface area contributed by atoms with Gasteiger partial charge in [0.15, 0.2) is 5.82 Å². The first-order chi connectivity index (χ1) is 8.17. The van der Waals surface area contributed by atoms with Crippen molar-refractivity contribution in [1.82, 2.24) is 19.6 Å². The van der Waals surface area contributed by atoms with Crippen LogP contribution < -0.4 is 5.73 Å². The zero-order valence-electron chi connectivity index (χ0n) is 10.1. The zero-order chi connectivity index (χ0) is 11.9. The molecule has 5 heteroatoms. The standard InChI is InChI=1S/C12H17N5/c1-9-7-14-11-15-10(16-17(11)8-9)12(13)5-3-2-4-6-12/h7-8H,2-6,13H2,1H3. The molecule has 0 unspecified atom stereocenters. The Morgan fingerprint density at radius 1 is 1.29 bits per heavy atom. The summed E-state index contributed by atoms with van der Waals surface area (Å²) in [5, 5.41) is 4.49. The van der Waals surface area contributed by atoms with Gasteiger partial charge in [0.1, 0.15) is 0 Å². The molecule has 0 atom stereocenters. The van der Waals surface area contributed by atoms with E-state index < -0.39 is 0 Å². The fraction of sp³-hybridized carbons (Fsp3) is 0.583. The Morgan fingerprint density at radius 2 is 2.06 bits per heavy atom. The second-order valence-electron chi connectivity index (χ2n) is 5.03. The quantitative estimate of drug-likeness (QED) is 0.808. The van der Waals surface area contributed by atoms with Crippen LogP contribution in [-0.4, -0.2) is 19.6 Å². The van der Waals surface area contributed by atoms with Crippen LogP contribution in [0.25, 0.3) is 5.78 Å². The number of aromatic nitrogens is 4. The highest BCUT2D eigenvalue weighted by molar-refractivity contribution is 5.29. The van der Waals surface area contributed by atoms with Crippen LogP contribution in [0.3, 0.4) is 0 Å². The number of nitrogens with zero attached hydrogens (tertiary/aromatic N) is 4. The normalized spacial score (nSPS) is 19.6. The predicted octanol–water partition coefficient (Wildman–Crippen LogP) is 1.55. The number of rotatable bonds is 1. The van der Waals surface area contributed by atoms with Gasteiger partial charge >= 0.3 is 0 Å². The van der Waals surface area contributed by atoms with Crippen molar-refractivity contribution in [3.63, 3.8) is 0 Å². The lowest BCUT2D eigenvalue weighted by Crippen LogP contribution is -2.39. The van der Waals surface area contributed by atoms with Gasteiger partial charge in [-0.3, -0.25) is 0 Å². The summed E-state index contributed by atoms with van der Waals surface area (Å²) in [6.45, 7) is 1.99. The maximum atomic E-state index is 6.42. The van der Waals surface area contributed by atoms with Gasteiger partial charge in [0.2, 0.25) is 0 Å². The van der Waals surface area contributed by atoms with Crippen LogP contribution in [0.4, 0.5) is 0 Å². The lowest BCUT2D eigenvalue weighted by molar-refractivity contribution is 0.287. The molecule has 0 amide bonds. The van der Waals surface area contributed by atoms with E-state index in [-0.39, 0.29) is 5.54 Å². The molecule has 1 saturated carbocycles. The van der Waals surface area contributed by atoms with Crippen LogP contribution in [0.1, 0.15) is 43.5 Å². The molecule has 0 saturated heterocycles. The topological polar surface area (TPSA) is 69.1 Å². The van der Waals surface area contributed by atoms with Crippen molar-refractivity contribution in [1.29, 1.82) is 0 Å². The summed E-state index contributed by atoms with van der Waals surface area (Å²) in [4.78, 5) is 8.73. The Bertz CT molecular complexity index is 539. The van der Waals surface area contributed by atoms with E-state index in [9.17, 15) is 0 Å². The Balaban J connectivity index is 2.05. The maximum absolute atomic E-state index is 6.42. The molecule has 1 fully saturated rings. The molecule has 2 N–H and O–H groups in total. The average molecular weight is 231 g/mol. The summed E-state index contributed by atoms with van der Waals surface area (Å²) in [6, 6.07) is 0. The zero-order valence-corrected chi connectivity index (χ0v) is 10.1. The molecule has 2 aromatic rings. The molecule has 3 rings (SSSR count). The third-order valence-corrected chi connectivity index (χ3v) is 3.51. The number of nitrogens with two attached hydrogens (primary N) is 1. The third kappa shape index (κ3) is 1.80. The molecular formula is C12H17N5. The molecule has 1 aliphatic carbocycles. The Kier molecular flexibility index (Phi) is 2.36. The van der Waals surface area contributed by atoms with E-state index in [1.807, 2.05) is 13.1 Å². The summed E-state index contributed by atoms with van der Waals surface area (Å²) < 4.78 is 1.73. The van der Waals surface area contributed by atoms with Crippen molar-refractivity contribution >= 4 is 5.78 Å². The van der Waals surface area contributed by atoms with Gasteiger partial charge in [-0.15, -0.1) is 5.10 Å². The third-order valence-electron chi connectivity index (χ3n) is 3.51. The van der Waals surface area contributed by atoms with Crippen LogP contribution in [0.15, 0.2) is 12.4 Å². The van der Waals surface area contributed by atoms with Gasteiger partial charge in [-0.2, -0.15) is 4.98 Å². The second kappa shape index (κ2) is 3.77. The maximum Gasteiger partial charge on any atom is 0.252 e. The molecule has 0 spiro atoms. The number of aryl methyl sites for hydroxylation is 1. The monoisotopic (exact) mass is 231 g/mol. The van der Waals surface area contributed by atoms with E-state index in [1.54, 1.807) is 10.7 Å². The largest absolute Gasteiger partial charge is 0.319 e. The minimum Gasteiger partial charge on any atom is -0.319 e. The van der Waals surface area contributed by atoms with Crippen molar-refractivity contribution in [2.45, 2.75) is 44.6 Å². The van der Waals surface area contributed by atoms with E-state index in [0.717, 1.165) is 24.2 Å². The van der Waals surface area contributed by atoms with Gasteiger partial charge in [0.05, 0.1) is 5.54 Å². The van der Waals surface area contributed by atoms with Gasteiger partial charge in [-0.25, -0.2) is 9.50 Å². The minimum atomic E-state index is -0.347. The lowest BCUT2D eigenvalue weighted by Gasteiger charge is -2.30. The molecule has 17 heavy (non-hydrogen) atoms. The van der Waals surface area contributed by atoms with Gasteiger partial charge in [0.25, 0.3) is 5.78 Å². The molecule has 0 aliphatic heterocycles. The highest BCUT2D eigenvalue weighted by Crippen LogP contribution is 2.32. The summed E-state index contributed by atoms with van der Waals surface area (Å²) in [7, 11) is 0. The Labute approximate surface area is 100 Å². The average Bonchev–Trinajstić information content (AvgIpc) is 2.73. The number of hydrogen-bond donors (Lipinski definition) is 1. The molecular weight excluding hydrogens is 214 g/mol. The van der Waals surface area contributed by atoms with E-state index in [4.69, 9.17) is 5.73 Å². The molecule has 2 heterocycles. The predicted molar refractivity (Wildman–Crippen MR) is 64.5 cm³/mol. The molecule has 5 nitrogen and oxygen atoms in total. The smallest absolute Gasteiger partial charge is 0.252 e. The summed E-state index contributed by atoms with van der Waals surface area (Å²) in [5.74, 6) is 1.39. The van der Waals surface area contributed by atoms with Gasteiger partial charge in [0, 0.05) is 12.4 Å². The van der Waals surface area contributed by atoms with Crippen LogP contribution in [0.5, 0.6) is 0 Å². The second-order valence-corrected chi connectivity index (χ2v) is 5.03. The molecule has 0 aromatic carbocycles. The highest BCUT2D eigenvalue weighted by atomic mass is 15.3. The van der Waals surface area contributed by atoms with E-state index in [1.165, 1.54) is 19.3 Å². The van der Waals surface area contributed by atoms with Gasteiger partial charge < -0.3 is 5.73 Å². The van der Waals surface area contributed by atoms with Crippen LogP contribution in [0.2, 0.25) is 0 Å². The SMILES string of the molecule is Cc1cnc2nc(C3(N)CCCCC3)nn2c1. The molecule has 90 valence electrons. The molecule has 2 aromatic heterocycles. The van der Waals surface area contributed by atoms with Crippen LogP contribution in [-0.2, 0) is 5.54 Å². The van der Waals surface area contributed by atoms with E-state index in [0.29, 0.717) is 5.78 Å². The first kappa shape index (κ1) is 10.7. The lowest BCUT2D eigenvalue weighted by atomic mass is 9.82. The van der Waals surface area contributed by atoms with Gasteiger partial charge in [-0.1, -0.05) is 19.3 Å². The van der Waals surface area contributed by atoms with Crippen molar-refractivity contribution in [2.75, 3.05) is 0 Å². The highest BCUT2D eigenvalue weighted by Gasteiger charge is 2.33. The fourth-order valence-electron chi connectivity index (χ4n) is 2.49. The summed E-state index contributed by atoms with van der Waals surface area (Å²) in [5.41, 5.74) is 7.14. The summed E-state index contributed by atoms with van der Waals surface area (Å²) >= 11 is 0. The van der Waals surface area contributed by atoms with Crippen LogP contribution >= 0.6 is 0 Å². The molecule has 1 aliphatic rings. The fourth-order valence-corrected chi connectivity index (χ4v) is 2.49. The first-order valence-electron chi connectivity index (χ1n) is 6.16. The summed E-state index contributed by atoms with van der Waals surface area (Å²) in [6.07, 6.45) is 9.29. The Morgan fingerprint density at radius 3 is 2.82 bits per heavy atom. The van der Waals surface area contributed by atoms with E-state index >= 15 is 0 Å². The minimum absolute atomic E-state index is 0.347. The van der Waals surface area contributed by atoms with Crippen molar-refractivity contribution in [3.05, 3.63) is 23.8 Å². The molecule has 0 bridgehead atoms. The van der Waals surface area contributed by atoms with Crippen molar-refractivity contribution < 1.29 is 0 Å². The van der Waals surface area contributed by atoms with Crippen molar-refractivity contribution in [2.24, 2.45) is 5.73 Å². The number of fused-ring (bicyclic) bond motifs is 1. The Hall–Kier alpha value is -1.49. The van der Waals surface area contributed by atoms with E-state index in [2.05, 4.69) is 15.1 Å².